The third kappa shape index (κ3) is 6.59. The maximum absolute atomic E-state index is 12.1. The average Bonchev–Trinajstić information content (AvgIpc) is 3.78. The molecule has 2 fully saturated rings. The molecule has 0 saturated carbocycles. The maximum atomic E-state index is 12.1. The van der Waals surface area contributed by atoms with Gasteiger partial charge < -0.3 is 19.9 Å². The number of carboxylic acid groups (broad SMARTS) is 1. The van der Waals surface area contributed by atoms with Gasteiger partial charge in [-0.15, -0.1) is 0 Å². The molecule has 0 bridgehead atoms. The van der Waals surface area contributed by atoms with Gasteiger partial charge in [0.15, 0.2) is 11.4 Å². The number of nitrogens with zero attached hydrogens (tertiary/aromatic N) is 6. The number of nitriles is 1. The predicted molar refractivity (Wildman–Crippen MR) is 203 cm³/mol. The van der Waals surface area contributed by atoms with Gasteiger partial charge in [0.05, 0.1) is 11.7 Å². The molecule has 2 aromatic carbocycles. The molecule has 11 heteroatoms. The van der Waals surface area contributed by atoms with Crippen LogP contribution in [0.15, 0.2) is 83.6 Å². The van der Waals surface area contributed by atoms with E-state index in [2.05, 4.69) is 60.5 Å². The number of fused-ring (bicyclic) bond motifs is 2. The number of rotatable bonds is 9. The smallest absolute Gasteiger partial charge is 0.320 e. The van der Waals surface area contributed by atoms with Gasteiger partial charge in [-0.25, -0.2) is 9.97 Å². The van der Waals surface area contributed by atoms with Crippen LogP contribution in [0.2, 0.25) is 0 Å². The van der Waals surface area contributed by atoms with Crippen molar-refractivity contribution in [2.24, 2.45) is 5.92 Å². The Balaban J connectivity index is 1.21. The van der Waals surface area contributed by atoms with E-state index in [1.165, 1.54) is 0 Å². The summed E-state index contributed by atoms with van der Waals surface area (Å²) in [7, 11) is 0. The van der Waals surface area contributed by atoms with E-state index in [4.69, 9.17) is 19.4 Å². The molecule has 8 rings (SSSR count). The van der Waals surface area contributed by atoms with Crippen molar-refractivity contribution in [1.29, 1.82) is 5.26 Å². The molecule has 270 valence electrons. The van der Waals surface area contributed by atoms with Crippen LogP contribution in [0, 0.1) is 24.2 Å². The first-order chi connectivity index (χ1) is 25.7. The maximum Gasteiger partial charge on any atom is 0.320 e. The number of carbonyl (C=O) groups is 1. The number of piperidine rings is 1. The lowest BCUT2D eigenvalue weighted by Gasteiger charge is -2.39. The summed E-state index contributed by atoms with van der Waals surface area (Å²) in [5, 5.41) is 34.9. The molecular formula is C42H43N7O4. The van der Waals surface area contributed by atoms with Gasteiger partial charge in [-0.3, -0.25) is 19.6 Å². The number of β-amino-alcohol motifs (C(OH)–C–C–N with tert-alkyl or cyclic N) is 1. The number of benzene rings is 2. The zero-order chi connectivity index (χ0) is 36.7. The van der Waals surface area contributed by atoms with Crippen molar-refractivity contribution >= 4 is 39.4 Å². The van der Waals surface area contributed by atoms with Crippen LogP contribution in [-0.2, 0) is 23.4 Å². The van der Waals surface area contributed by atoms with Gasteiger partial charge in [0.2, 0.25) is 5.89 Å². The van der Waals surface area contributed by atoms with E-state index >= 15 is 0 Å². The summed E-state index contributed by atoms with van der Waals surface area (Å²) in [6.45, 7) is 7.54. The van der Waals surface area contributed by atoms with Crippen LogP contribution in [0.3, 0.4) is 0 Å². The highest BCUT2D eigenvalue weighted by molar-refractivity contribution is 5.89. The Morgan fingerprint density at radius 1 is 1.09 bits per heavy atom. The van der Waals surface area contributed by atoms with Crippen LogP contribution in [0.4, 0.5) is 5.82 Å². The van der Waals surface area contributed by atoms with Crippen molar-refractivity contribution in [1.82, 2.24) is 24.8 Å². The van der Waals surface area contributed by atoms with Crippen LogP contribution in [0.25, 0.3) is 27.6 Å². The zero-order valence-electron chi connectivity index (χ0n) is 30.0. The molecule has 5 heterocycles. The van der Waals surface area contributed by atoms with Crippen molar-refractivity contribution in [2.45, 2.75) is 70.3 Å². The minimum absolute atomic E-state index is 0.214. The van der Waals surface area contributed by atoms with Gasteiger partial charge in [0.25, 0.3) is 0 Å². The molecule has 5 aromatic rings. The lowest BCUT2D eigenvalue weighted by atomic mass is 9.73. The van der Waals surface area contributed by atoms with Crippen LogP contribution >= 0.6 is 0 Å². The first-order valence-corrected chi connectivity index (χ1v) is 18.4. The van der Waals surface area contributed by atoms with E-state index in [9.17, 15) is 20.3 Å². The summed E-state index contributed by atoms with van der Waals surface area (Å²) in [5.41, 5.74) is 6.16. The Kier molecular flexibility index (Phi) is 9.28. The monoisotopic (exact) mass is 709 g/mol. The minimum Gasteiger partial charge on any atom is -0.480 e. The van der Waals surface area contributed by atoms with E-state index < -0.39 is 17.6 Å². The van der Waals surface area contributed by atoms with Crippen molar-refractivity contribution in [3.05, 3.63) is 113 Å². The Labute approximate surface area is 308 Å². The molecule has 1 aliphatic carbocycles. The summed E-state index contributed by atoms with van der Waals surface area (Å²) in [5.74, 6) is -0.0815. The van der Waals surface area contributed by atoms with E-state index in [1.54, 1.807) is 12.3 Å². The van der Waals surface area contributed by atoms with Crippen LogP contribution in [-0.4, -0.2) is 72.7 Å². The summed E-state index contributed by atoms with van der Waals surface area (Å²) in [6, 6.07) is 17.8. The van der Waals surface area contributed by atoms with Gasteiger partial charge in [-0.1, -0.05) is 49.8 Å². The van der Waals surface area contributed by atoms with E-state index in [0.29, 0.717) is 66.5 Å². The fourth-order valence-corrected chi connectivity index (χ4v) is 8.35. The van der Waals surface area contributed by atoms with E-state index in [0.717, 1.165) is 59.0 Å². The molecule has 3 aromatic heterocycles. The molecule has 11 nitrogen and oxygen atoms in total. The van der Waals surface area contributed by atoms with Gasteiger partial charge in [0, 0.05) is 49.9 Å². The lowest BCUT2D eigenvalue weighted by Crippen LogP contribution is -2.44. The number of nitrogens with one attached hydrogen (secondary N) is 1. The Morgan fingerprint density at radius 2 is 1.96 bits per heavy atom. The SMILES string of the molecule is Cc1ccccc1C1=CC=CC(Nc2nccc3cc(CN4CC[C@H](O)C4)cnc23)(c2nc3cc(CN4CCCC[C@H]4C(=O)O)cc(C#N)c3o2)C1C. The molecule has 3 aliphatic rings. The summed E-state index contributed by atoms with van der Waals surface area (Å²) in [6.07, 6.45) is 12.8. The highest BCUT2D eigenvalue weighted by Gasteiger charge is 2.45. The fourth-order valence-electron chi connectivity index (χ4n) is 8.35. The Bertz CT molecular complexity index is 2310. The van der Waals surface area contributed by atoms with Crippen molar-refractivity contribution in [3.63, 3.8) is 0 Å². The van der Waals surface area contributed by atoms with Crippen molar-refractivity contribution < 1.29 is 19.4 Å². The number of aryl methyl sites for hydroxylation is 1. The molecule has 0 spiro atoms. The third-order valence-corrected chi connectivity index (χ3v) is 11.2. The number of pyridine rings is 2. The molecule has 4 atom stereocenters. The first-order valence-electron chi connectivity index (χ1n) is 18.4. The van der Waals surface area contributed by atoms with Crippen LogP contribution < -0.4 is 5.32 Å². The number of oxazole rings is 1. The van der Waals surface area contributed by atoms with Gasteiger partial charge in [-0.05, 0) is 90.9 Å². The zero-order valence-corrected chi connectivity index (χ0v) is 30.0. The molecule has 0 amide bonds. The quantitative estimate of drug-likeness (QED) is 0.153. The summed E-state index contributed by atoms with van der Waals surface area (Å²) in [4.78, 5) is 31.1. The van der Waals surface area contributed by atoms with Gasteiger partial charge >= 0.3 is 5.97 Å². The topological polar surface area (TPSA) is 152 Å². The highest BCUT2D eigenvalue weighted by atomic mass is 16.4. The molecule has 0 radical (unpaired) electrons. The number of aliphatic hydroxyl groups is 1. The lowest BCUT2D eigenvalue weighted by molar-refractivity contribution is -0.144. The second kappa shape index (κ2) is 14.2. The van der Waals surface area contributed by atoms with Crippen molar-refractivity contribution in [2.75, 3.05) is 25.0 Å². The molecule has 3 N–H and O–H groups in total. The van der Waals surface area contributed by atoms with Crippen LogP contribution in [0.1, 0.15) is 66.3 Å². The fraction of sp³-hybridized carbons (Fsp3) is 0.357. The number of aliphatic hydroxyl groups excluding tert-OH is 1. The number of hydrogen-bond donors (Lipinski definition) is 3. The average molecular weight is 710 g/mol. The van der Waals surface area contributed by atoms with E-state index in [-0.39, 0.29) is 12.0 Å². The van der Waals surface area contributed by atoms with Gasteiger partial charge in [0.1, 0.15) is 28.7 Å². The number of aliphatic carboxylic acids is 1. The predicted octanol–water partition coefficient (Wildman–Crippen LogP) is 6.55. The standard InChI is InChI=1S/C42H43N7O4/c1-26-8-3-4-9-33(26)34-10-7-14-42(27(34)2,47-39-37-30(12-15-44-39)19-29(22-45-37)23-48-17-13-32(50)25-48)41-46-35-20-28(18-31(21-43)38(35)53-41)24-49-16-6-5-11-36(49)40(51)52/h3-4,7-10,12,14-15,18-20,22,27,32,36,50H,5-6,11,13,16-17,23-25H2,1-2H3,(H,44,47)(H,51,52)/t27?,32-,36-,42?/m0/s1. The summed E-state index contributed by atoms with van der Waals surface area (Å²) >= 11 is 0. The van der Waals surface area contributed by atoms with Gasteiger partial charge in [-0.2, -0.15) is 5.26 Å². The highest BCUT2D eigenvalue weighted by Crippen LogP contribution is 2.46. The number of likely N-dealkylation sites (tertiary alicyclic amines) is 2. The number of aromatic nitrogens is 3. The van der Waals surface area contributed by atoms with Crippen LogP contribution in [0.5, 0.6) is 0 Å². The third-order valence-electron chi connectivity index (χ3n) is 11.2. The second-order valence-electron chi connectivity index (χ2n) is 14.7. The number of carboxylic acids is 1. The molecule has 2 aliphatic heterocycles. The number of anilines is 1. The summed E-state index contributed by atoms with van der Waals surface area (Å²) < 4.78 is 6.65. The molecular weight excluding hydrogens is 667 g/mol. The normalized spacial score (nSPS) is 23.7. The largest absolute Gasteiger partial charge is 0.480 e. The Hall–Kier alpha value is -5.41. The van der Waals surface area contributed by atoms with E-state index in [1.807, 2.05) is 41.4 Å². The molecule has 2 saturated heterocycles. The first kappa shape index (κ1) is 34.7. The number of hydrogen-bond acceptors (Lipinski definition) is 10. The minimum atomic E-state index is -1.03. The van der Waals surface area contributed by atoms with Crippen molar-refractivity contribution in [3.8, 4) is 6.07 Å². The molecule has 2 unspecified atom stereocenters. The number of allylic oxidation sites excluding steroid dienone is 2. The molecule has 53 heavy (non-hydrogen) atoms. The Morgan fingerprint density at radius 3 is 2.75 bits per heavy atom. The second-order valence-corrected chi connectivity index (χ2v) is 14.7.